The number of hydrogen-bond donors (Lipinski definition) is 4. The fraction of sp³-hybridized carbons (Fsp3) is 0.111. The number of fused-ring (bicyclic) bond motifs is 2. The number of phenols is 1. The van der Waals surface area contributed by atoms with Gasteiger partial charge >= 0.3 is 0 Å². The second kappa shape index (κ2) is 5.95. The molecule has 5 N–H and O–H groups in total. The molecule has 0 radical (unpaired) electrons. The van der Waals surface area contributed by atoms with Gasteiger partial charge in [-0.3, -0.25) is 0 Å². The van der Waals surface area contributed by atoms with E-state index in [1.54, 1.807) is 18.2 Å². The van der Waals surface area contributed by atoms with Crippen LogP contribution in [0.5, 0.6) is 11.6 Å². The highest BCUT2D eigenvalue weighted by molar-refractivity contribution is 6.58. The Morgan fingerprint density at radius 1 is 1.16 bits per heavy atom. The highest BCUT2D eigenvalue weighted by Crippen LogP contribution is 2.36. The van der Waals surface area contributed by atoms with Crippen LogP contribution in [0.25, 0.3) is 10.9 Å². The third-order valence-electron chi connectivity index (χ3n) is 3.98. The molecule has 0 saturated heterocycles. The molecule has 0 aliphatic carbocycles. The van der Waals surface area contributed by atoms with Gasteiger partial charge in [-0.05, 0) is 24.3 Å². The SMILES string of the molecule is NCCO/N=C1/C(c2c(O)[nH]c3ccccc23)=Nc2ccc(O)cc21. The summed E-state index contributed by atoms with van der Waals surface area (Å²) in [6, 6.07) is 12.3. The Kier molecular flexibility index (Phi) is 3.62. The zero-order valence-electron chi connectivity index (χ0n) is 13.2. The average Bonchev–Trinajstić information content (AvgIpc) is 3.11. The Morgan fingerprint density at radius 2 is 2.00 bits per heavy atom. The standard InChI is InChI=1S/C18H16N4O3/c19-7-8-25-22-16-12-9-10(23)5-6-14(12)20-17(16)15-11-3-1-2-4-13(11)21-18(15)24/h1-6,9,21,23-24H,7-8,19H2/b22-16+. The molecule has 0 atom stereocenters. The van der Waals surface area contributed by atoms with Gasteiger partial charge in [0.05, 0.1) is 11.3 Å². The first kappa shape index (κ1) is 15.2. The van der Waals surface area contributed by atoms with Gasteiger partial charge in [-0.2, -0.15) is 0 Å². The Bertz CT molecular complexity index is 1020. The van der Waals surface area contributed by atoms with Gasteiger partial charge in [-0.15, -0.1) is 0 Å². The quantitative estimate of drug-likeness (QED) is 0.432. The molecule has 2 heterocycles. The number of oxime groups is 1. The normalized spacial score (nSPS) is 14.8. The van der Waals surface area contributed by atoms with Crippen LogP contribution in [-0.4, -0.2) is 39.8 Å². The van der Waals surface area contributed by atoms with Crippen molar-refractivity contribution in [1.82, 2.24) is 4.98 Å². The second-order valence-corrected chi connectivity index (χ2v) is 5.62. The maximum absolute atomic E-state index is 10.4. The van der Waals surface area contributed by atoms with Crippen molar-refractivity contribution in [2.75, 3.05) is 13.2 Å². The van der Waals surface area contributed by atoms with Gasteiger partial charge in [-0.25, -0.2) is 4.99 Å². The van der Waals surface area contributed by atoms with E-state index in [9.17, 15) is 10.2 Å². The van der Waals surface area contributed by atoms with Crippen molar-refractivity contribution in [2.45, 2.75) is 0 Å². The molecule has 25 heavy (non-hydrogen) atoms. The van der Waals surface area contributed by atoms with Crippen molar-refractivity contribution in [3.8, 4) is 11.6 Å². The molecule has 0 amide bonds. The predicted molar refractivity (Wildman–Crippen MR) is 95.8 cm³/mol. The molecule has 0 spiro atoms. The van der Waals surface area contributed by atoms with Crippen LogP contribution in [0.15, 0.2) is 52.6 Å². The molecular weight excluding hydrogens is 320 g/mol. The molecule has 0 unspecified atom stereocenters. The van der Waals surface area contributed by atoms with E-state index in [0.29, 0.717) is 34.8 Å². The summed E-state index contributed by atoms with van der Waals surface area (Å²) in [4.78, 5) is 12.8. The van der Waals surface area contributed by atoms with E-state index in [-0.39, 0.29) is 18.2 Å². The lowest BCUT2D eigenvalue weighted by molar-refractivity contribution is 0.153. The zero-order chi connectivity index (χ0) is 17.4. The third kappa shape index (κ3) is 2.50. The van der Waals surface area contributed by atoms with Gasteiger partial charge in [0.1, 0.15) is 23.8 Å². The van der Waals surface area contributed by atoms with E-state index in [1.807, 2.05) is 24.3 Å². The maximum Gasteiger partial charge on any atom is 0.199 e. The van der Waals surface area contributed by atoms with Crippen LogP contribution in [0.4, 0.5) is 5.69 Å². The zero-order valence-corrected chi connectivity index (χ0v) is 13.2. The molecule has 1 aromatic heterocycles. The van der Waals surface area contributed by atoms with Gasteiger partial charge in [0.15, 0.2) is 5.88 Å². The summed E-state index contributed by atoms with van der Waals surface area (Å²) in [6.07, 6.45) is 0. The largest absolute Gasteiger partial charge is 0.508 e. The molecule has 126 valence electrons. The van der Waals surface area contributed by atoms with E-state index in [2.05, 4.69) is 15.1 Å². The lowest BCUT2D eigenvalue weighted by atomic mass is 10.0. The number of nitrogens with one attached hydrogen (secondary N) is 1. The molecule has 4 rings (SSSR count). The first-order chi connectivity index (χ1) is 12.2. The van der Waals surface area contributed by atoms with E-state index < -0.39 is 0 Å². The number of phenolic OH excluding ortho intramolecular Hbond substituents is 1. The van der Waals surface area contributed by atoms with Crippen LogP contribution >= 0.6 is 0 Å². The number of benzene rings is 2. The number of aromatic hydroxyl groups is 2. The minimum Gasteiger partial charge on any atom is -0.508 e. The van der Waals surface area contributed by atoms with Gasteiger partial charge < -0.3 is 25.8 Å². The fourth-order valence-corrected chi connectivity index (χ4v) is 2.91. The number of aromatic amines is 1. The molecule has 1 aliphatic heterocycles. The average molecular weight is 336 g/mol. The van der Waals surface area contributed by atoms with E-state index in [4.69, 9.17) is 10.6 Å². The number of nitrogens with two attached hydrogens (primary N) is 1. The highest BCUT2D eigenvalue weighted by Gasteiger charge is 2.29. The number of H-pyrrole nitrogens is 1. The van der Waals surface area contributed by atoms with Crippen molar-refractivity contribution in [3.05, 3.63) is 53.6 Å². The molecule has 0 saturated carbocycles. The number of hydrogen-bond acceptors (Lipinski definition) is 6. The van der Waals surface area contributed by atoms with E-state index in [1.165, 1.54) is 0 Å². The van der Waals surface area contributed by atoms with Crippen molar-refractivity contribution in [1.29, 1.82) is 0 Å². The first-order valence-corrected chi connectivity index (χ1v) is 7.81. The first-order valence-electron chi connectivity index (χ1n) is 7.81. The summed E-state index contributed by atoms with van der Waals surface area (Å²) in [5, 5.41) is 25.2. The fourth-order valence-electron chi connectivity index (χ4n) is 2.91. The smallest absolute Gasteiger partial charge is 0.199 e. The molecule has 7 nitrogen and oxygen atoms in total. The molecule has 7 heteroatoms. The van der Waals surface area contributed by atoms with Crippen LogP contribution in [0, 0.1) is 0 Å². The minimum atomic E-state index is 0.00324. The van der Waals surface area contributed by atoms with Gasteiger partial charge in [0.2, 0.25) is 0 Å². The Morgan fingerprint density at radius 3 is 2.84 bits per heavy atom. The van der Waals surface area contributed by atoms with Gasteiger partial charge in [-0.1, -0.05) is 23.4 Å². The summed E-state index contributed by atoms with van der Waals surface area (Å²) >= 11 is 0. The monoisotopic (exact) mass is 336 g/mol. The van der Waals surface area contributed by atoms with Crippen molar-refractivity contribution in [3.63, 3.8) is 0 Å². The molecule has 1 aliphatic rings. The van der Waals surface area contributed by atoms with Crippen LogP contribution in [0.2, 0.25) is 0 Å². The lowest BCUT2D eigenvalue weighted by Gasteiger charge is -2.05. The number of para-hydroxylation sites is 1. The molecule has 0 fully saturated rings. The van der Waals surface area contributed by atoms with Crippen LogP contribution in [0.1, 0.15) is 11.1 Å². The Labute approximate surface area is 143 Å². The maximum atomic E-state index is 10.4. The second-order valence-electron chi connectivity index (χ2n) is 5.62. The summed E-state index contributed by atoms with van der Waals surface area (Å²) in [6.45, 7) is 0.583. The predicted octanol–water partition coefficient (Wildman–Crippen LogP) is 2.39. The number of rotatable bonds is 4. The molecular formula is C18H16N4O3. The number of nitrogens with zero attached hydrogens (tertiary/aromatic N) is 2. The Balaban J connectivity index is 1.90. The van der Waals surface area contributed by atoms with E-state index >= 15 is 0 Å². The van der Waals surface area contributed by atoms with Crippen molar-refractivity contribution in [2.24, 2.45) is 15.9 Å². The van der Waals surface area contributed by atoms with Crippen LogP contribution in [0.3, 0.4) is 0 Å². The minimum absolute atomic E-state index is 0.00324. The van der Waals surface area contributed by atoms with Crippen LogP contribution < -0.4 is 5.73 Å². The molecule has 3 aromatic rings. The van der Waals surface area contributed by atoms with E-state index in [0.717, 1.165) is 10.9 Å². The third-order valence-corrected chi connectivity index (χ3v) is 3.98. The van der Waals surface area contributed by atoms with Crippen LogP contribution in [-0.2, 0) is 4.84 Å². The lowest BCUT2D eigenvalue weighted by Crippen LogP contribution is -2.15. The number of aliphatic imine (C=N–C) groups is 1. The molecule has 0 bridgehead atoms. The van der Waals surface area contributed by atoms with Gasteiger partial charge in [0, 0.05) is 23.0 Å². The van der Waals surface area contributed by atoms with Crippen molar-refractivity contribution < 1.29 is 15.1 Å². The van der Waals surface area contributed by atoms with Crippen molar-refractivity contribution >= 4 is 28.0 Å². The topological polar surface area (TPSA) is 116 Å². The summed E-state index contributed by atoms with van der Waals surface area (Å²) in [5.74, 6) is 0.105. The summed E-state index contributed by atoms with van der Waals surface area (Å²) in [5.41, 5.74) is 8.99. The number of aromatic nitrogens is 1. The Hall–Kier alpha value is -3.32. The molecule has 2 aromatic carbocycles. The van der Waals surface area contributed by atoms with Gasteiger partial charge in [0.25, 0.3) is 0 Å². The highest BCUT2D eigenvalue weighted by atomic mass is 16.6. The summed E-state index contributed by atoms with van der Waals surface area (Å²) in [7, 11) is 0. The summed E-state index contributed by atoms with van der Waals surface area (Å²) < 4.78 is 0.